The fourth-order valence-electron chi connectivity index (χ4n) is 5.58. The van der Waals surface area contributed by atoms with Crippen LogP contribution in [-0.2, 0) is 4.79 Å². The molecule has 0 aromatic heterocycles. The minimum Gasteiger partial charge on any atom is -0.341 e. The molecule has 4 fully saturated rings. The fraction of sp³-hybridized carbons (Fsp3) is 0.944. The molecule has 3 saturated heterocycles. The zero-order chi connectivity index (χ0) is 15.1. The summed E-state index contributed by atoms with van der Waals surface area (Å²) in [7, 11) is 2.26. The van der Waals surface area contributed by atoms with Crippen LogP contribution < -0.4 is 5.32 Å². The monoisotopic (exact) mass is 305 g/mol. The van der Waals surface area contributed by atoms with Crippen LogP contribution in [0.3, 0.4) is 0 Å². The fourth-order valence-corrected chi connectivity index (χ4v) is 5.58. The normalized spacial score (nSPS) is 42.8. The highest BCUT2D eigenvalue weighted by Gasteiger charge is 2.42. The van der Waals surface area contributed by atoms with Crippen LogP contribution in [0.15, 0.2) is 0 Å². The van der Waals surface area contributed by atoms with Gasteiger partial charge < -0.3 is 15.1 Å². The van der Waals surface area contributed by atoms with E-state index in [0.717, 1.165) is 31.5 Å². The number of amides is 1. The van der Waals surface area contributed by atoms with E-state index in [1.165, 1.54) is 51.5 Å². The largest absolute Gasteiger partial charge is 0.341 e. The Morgan fingerprint density at radius 2 is 1.82 bits per heavy atom. The molecule has 1 aliphatic carbocycles. The molecule has 4 nitrogen and oxygen atoms in total. The third-order valence-corrected chi connectivity index (χ3v) is 6.82. The molecular weight excluding hydrogens is 274 g/mol. The van der Waals surface area contributed by atoms with E-state index in [1.807, 2.05) is 0 Å². The molecule has 1 N–H and O–H groups in total. The van der Waals surface area contributed by atoms with Crippen molar-refractivity contribution in [2.75, 3.05) is 26.7 Å². The maximum atomic E-state index is 12.9. The molecule has 0 spiro atoms. The van der Waals surface area contributed by atoms with Crippen LogP contribution in [-0.4, -0.2) is 60.5 Å². The zero-order valence-corrected chi connectivity index (χ0v) is 14.0. The van der Waals surface area contributed by atoms with Gasteiger partial charge in [-0.3, -0.25) is 4.79 Å². The lowest BCUT2D eigenvalue weighted by molar-refractivity contribution is -0.136. The van der Waals surface area contributed by atoms with E-state index >= 15 is 0 Å². The molecule has 1 saturated carbocycles. The highest BCUT2D eigenvalue weighted by molar-refractivity contribution is 5.82. The summed E-state index contributed by atoms with van der Waals surface area (Å²) >= 11 is 0. The smallest absolute Gasteiger partial charge is 0.239 e. The summed E-state index contributed by atoms with van der Waals surface area (Å²) in [4.78, 5) is 17.7. The predicted molar refractivity (Wildman–Crippen MR) is 87.6 cm³/mol. The molecule has 0 aromatic rings. The lowest BCUT2D eigenvalue weighted by atomic mass is 9.83. The molecule has 4 aliphatic rings. The van der Waals surface area contributed by atoms with E-state index in [1.54, 1.807) is 0 Å². The van der Waals surface area contributed by atoms with E-state index < -0.39 is 0 Å². The summed E-state index contributed by atoms with van der Waals surface area (Å²) < 4.78 is 0. The van der Waals surface area contributed by atoms with Gasteiger partial charge in [0, 0.05) is 25.2 Å². The Morgan fingerprint density at radius 1 is 1.00 bits per heavy atom. The second-order valence-corrected chi connectivity index (χ2v) is 8.13. The van der Waals surface area contributed by atoms with Crippen LogP contribution in [0.4, 0.5) is 0 Å². The van der Waals surface area contributed by atoms with E-state index in [2.05, 4.69) is 22.2 Å². The summed E-state index contributed by atoms with van der Waals surface area (Å²) in [5.74, 6) is 1.88. The Labute approximate surface area is 134 Å². The van der Waals surface area contributed by atoms with Crippen molar-refractivity contribution in [3.05, 3.63) is 0 Å². The van der Waals surface area contributed by atoms with Crippen molar-refractivity contribution in [3.63, 3.8) is 0 Å². The van der Waals surface area contributed by atoms with Crippen LogP contribution >= 0.6 is 0 Å². The predicted octanol–water partition coefficient (Wildman–Crippen LogP) is 1.85. The number of carbonyl (C=O) groups is 1. The van der Waals surface area contributed by atoms with Crippen LogP contribution in [0.25, 0.3) is 0 Å². The van der Waals surface area contributed by atoms with Crippen molar-refractivity contribution in [3.8, 4) is 0 Å². The third kappa shape index (κ3) is 2.69. The number of hydrogen-bond acceptors (Lipinski definition) is 3. The number of likely N-dealkylation sites (tertiary alicyclic amines) is 2. The molecule has 0 radical (unpaired) electrons. The Morgan fingerprint density at radius 3 is 2.68 bits per heavy atom. The van der Waals surface area contributed by atoms with E-state index in [-0.39, 0.29) is 6.04 Å². The Kier molecular flexibility index (Phi) is 4.16. The number of fused-ring (bicyclic) bond motifs is 2. The third-order valence-electron chi connectivity index (χ3n) is 6.82. The van der Waals surface area contributed by atoms with E-state index in [0.29, 0.717) is 17.9 Å². The van der Waals surface area contributed by atoms with Gasteiger partial charge in [-0.2, -0.15) is 0 Å². The van der Waals surface area contributed by atoms with E-state index in [4.69, 9.17) is 0 Å². The number of carbonyl (C=O) groups excluding carboxylic acids is 1. The molecule has 5 unspecified atom stereocenters. The average molecular weight is 305 g/mol. The maximum absolute atomic E-state index is 12.9. The van der Waals surface area contributed by atoms with Crippen LogP contribution in [0.5, 0.6) is 0 Å². The van der Waals surface area contributed by atoms with Gasteiger partial charge in [-0.1, -0.05) is 12.8 Å². The first kappa shape index (κ1) is 14.9. The van der Waals surface area contributed by atoms with Crippen molar-refractivity contribution in [1.29, 1.82) is 0 Å². The average Bonchev–Trinajstić information content (AvgIpc) is 2.98. The topological polar surface area (TPSA) is 35.6 Å². The van der Waals surface area contributed by atoms with Crippen LogP contribution in [0.2, 0.25) is 0 Å². The van der Waals surface area contributed by atoms with Crippen molar-refractivity contribution >= 4 is 5.91 Å². The molecule has 5 atom stereocenters. The summed E-state index contributed by atoms with van der Waals surface area (Å²) in [5.41, 5.74) is 0. The first-order valence-corrected chi connectivity index (χ1v) is 9.47. The van der Waals surface area contributed by atoms with Gasteiger partial charge in [-0.05, 0) is 64.0 Å². The molecule has 0 bridgehead atoms. The molecule has 3 heterocycles. The Hall–Kier alpha value is -0.610. The minimum absolute atomic E-state index is 0.117. The lowest BCUT2D eigenvalue weighted by Crippen LogP contribution is -2.56. The first-order valence-electron chi connectivity index (χ1n) is 9.47. The quantitative estimate of drug-likeness (QED) is 0.803. The van der Waals surface area contributed by atoms with Crippen LogP contribution in [0.1, 0.15) is 51.4 Å². The molecule has 22 heavy (non-hydrogen) atoms. The number of piperidine rings is 2. The van der Waals surface area contributed by atoms with Gasteiger partial charge in [0.2, 0.25) is 5.91 Å². The minimum atomic E-state index is 0.117. The molecule has 4 heteroatoms. The molecule has 124 valence electrons. The van der Waals surface area contributed by atoms with Crippen molar-refractivity contribution in [2.45, 2.75) is 69.5 Å². The number of rotatable bonds is 1. The second-order valence-electron chi connectivity index (χ2n) is 8.13. The van der Waals surface area contributed by atoms with Gasteiger partial charge >= 0.3 is 0 Å². The molecule has 1 amide bonds. The van der Waals surface area contributed by atoms with Gasteiger partial charge in [-0.15, -0.1) is 0 Å². The lowest BCUT2D eigenvalue weighted by Gasteiger charge is -2.46. The zero-order valence-electron chi connectivity index (χ0n) is 14.0. The van der Waals surface area contributed by atoms with Crippen molar-refractivity contribution in [1.82, 2.24) is 15.1 Å². The van der Waals surface area contributed by atoms with Gasteiger partial charge in [0.1, 0.15) is 0 Å². The molecule has 3 aliphatic heterocycles. The second kappa shape index (κ2) is 6.12. The molecule has 4 rings (SSSR count). The number of hydrogen-bond donors (Lipinski definition) is 1. The van der Waals surface area contributed by atoms with Crippen molar-refractivity contribution < 1.29 is 4.79 Å². The number of nitrogens with zero attached hydrogens (tertiary/aromatic N) is 2. The highest BCUT2D eigenvalue weighted by atomic mass is 16.2. The van der Waals surface area contributed by atoms with E-state index in [9.17, 15) is 4.79 Å². The standard InChI is InChI=1S/C18H31N3O/c1-20-9-4-6-14-12-21(10-8-17(14)20)18(22)16-11-13-5-2-3-7-15(13)19-16/h13-17,19H,2-12H2,1H3. The Bertz CT molecular complexity index is 413. The van der Waals surface area contributed by atoms with Gasteiger partial charge in [0.15, 0.2) is 0 Å². The summed E-state index contributed by atoms with van der Waals surface area (Å²) in [5, 5.41) is 3.67. The van der Waals surface area contributed by atoms with Gasteiger partial charge in [0.25, 0.3) is 0 Å². The van der Waals surface area contributed by atoms with Gasteiger partial charge in [-0.25, -0.2) is 0 Å². The SMILES string of the molecule is CN1CCCC2CN(C(=O)C3CC4CCCCC4N3)CCC21. The summed E-state index contributed by atoms with van der Waals surface area (Å²) in [6.07, 6.45) is 10.2. The first-order chi connectivity index (χ1) is 10.7. The molecule has 0 aromatic carbocycles. The van der Waals surface area contributed by atoms with Crippen LogP contribution in [0, 0.1) is 11.8 Å². The Balaban J connectivity index is 1.37. The maximum Gasteiger partial charge on any atom is 0.239 e. The van der Waals surface area contributed by atoms with Gasteiger partial charge in [0.05, 0.1) is 6.04 Å². The van der Waals surface area contributed by atoms with Crippen molar-refractivity contribution in [2.24, 2.45) is 11.8 Å². The molecular formula is C18H31N3O. The highest BCUT2D eigenvalue weighted by Crippen LogP contribution is 2.35. The number of nitrogens with one attached hydrogen (secondary N) is 1. The summed E-state index contributed by atoms with van der Waals surface area (Å²) in [6.45, 7) is 3.21. The summed E-state index contributed by atoms with van der Waals surface area (Å²) in [6, 6.07) is 1.46.